The molecule has 0 radical (unpaired) electrons. The SMILES string of the molecule is S=C1CSNN1. The third kappa shape index (κ3) is 0.830. The molecule has 4 heteroatoms. The number of rotatable bonds is 0. The second kappa shape index (κ2) is 1.77. The first-order valence-electron chi connectivity index (χ1n) is 1.55. The van der Waals surface area contributed by atoms with E-state index >= 15 is 0 Å². The number of hydrazine groups is 1. The third-order valence-electron chi connectivity index (χ3n) is 0.466. The highest BCUT2D eigenvalue weighted by Gasteiger charge is 2.00. The van der Waals surface area contributed by atoms with E-state index in [0.717, 1.165) is 10.7 Å². The summed E-state index contributed by atoms with van der Waals surface area (Å²) in [6.07, 6.45) is 0. The molecule has 0 aromatic heterocycles. The molecule has 1 rings (SSSR count). The van der Waals surface area contributed by atoms with Crippen molar-refractivity contribution in [3.05, 3.63) is 0 Å². The lowest BCUT2D eigenvalue weighted by atomic mass is 10.8. The Hall–Kier alpha value is 0.200. The molecule has 2 N–H and O–H groups in total. The van der Waals surface area contributed by atoms with Crippen LogP contribution in [0.1, 0.15) is 0 Å². The molecule has 0 amide bonds. The van der Waals surface area contributed by atoms with E-state index in [0.29, 0.717) is 0 Å². The van der Waals surface area contributed by atoms with Gasteiger partial charge >= 0.3 is 0 Å². The molecule has 0 atom stereocenters. The molecule has 6 heavy (non-hydrogen) atoms. The van der Waals surface area contributed by atoms with Gasteiger partial charge in [0.25, 0.3) is 0 Å². The Morgan fingerprint density at radius 3 is 2.83 bits per heavy atom. The lowest BCUT2D eigenvalue weighted by Crippen LogP contribution is -2.21. The van der Waals surface area contributed by atoms with Crippen LogP contribution in [-0.4, -0.2) is 10.7 Å². The number of hydrogen-bond acceptors (Lipinski definition) is 3. The Morgan fingerprint density at radius 1 is 1.83 bits per heavy atom. The van der Waals surface area contributed by atoms with E-state index < -0.39 is 0 Å². The molecule has 0 saturated carbocycles. The van der Waals surface area contributed by atoms with Crippen LogP contribution in [0, 0.1) is 0 Å². The first-order valence-corrected chi connectivity index (χ1v) is 2.94. The summed E-state index contributed by atoms with van der Waals surface area (Å²) in [5, 5.41) is 0. The molecule has 2 nitrogen and oxygen atoms in total. The van der Waals surface area contributed by atoms with Crippen molar-refractivity contribution >= 4 is 29.2 Å². The highest BCUT2D eigenvalue weighted by Crippen LogP contribution is 1.96. The van der Waals surface area contributed by atoms with Crippen LogP contribution in [0.5, 0.6) is 0 Å². The second-order valence-corrected chi connectivity index (χ2v) is 2.21. The molecule has 0 aromatic rings. The van der Waals surface area contributed by atoms with Crippen molar-refractivity contribution in [3.63, 3.8) is 0 Å². The van der Waals surface area contributed by atoms with Crippen molar-refractivity contribution < 1.29 is 0 Å². The summed E-state index contributed by atoms with van der Waals surface area (Å²) in [5.74, 6) is 0.912. The molecule has 0 bridgehead atoms. The zero-order chi connectivity index (χ0) is 4.41. The molecule has 0 aliphatic carbocycles. The first-order chi connectivity index (χ1) is 2.89. The Labute approximate surface area is 45.8 Å². The lowest BCUT2D eigenvalue weighted by molar-refractivity contribution is 0.966. The van der Waals surface area contributed by atoms with E-state index in [9.17, 15) is 0 Å². The summed E-state index contributed by atoms with van der Waals surface area (Å²) >= 11 is 6.30. The van der Waals surface area contributed by atoms with E-state index in [2.05, 4.69) is 10.3 Å². The highest BCUT2D eigenvalue weighted by molar-refractivity contribution is 8.00. The standard InChI is InChI=1S/C2H4N2S2/c5-2-1-6-4-3-2/h4H,1H2,(H,3,5). The molecule has 0 unspecified atom stereocenters. The maximum Gasteiger partial charge on any atom is 0.102 e. The zero-order valence-electron chi connectivity index (χ0n) is 3.02. The summed E-state index contributed by atoms with van der Waals surface area (Å²) in [7, 11) is 0. The average Bonchev–Trinajstić information content (AvgIpc) is 1.86. The Morgan fingerprint density at radius 2 is 2.67 bits per heavy atom. The number of thiocarbonyl (C=S) groups is 1. The summed E-state index contributed by atoms with van der Waals surface area (Å²) < 4.78 is 0. The van der Waals surface area contributed by atoms with Crippen LogP contribution in [0.4, 0.5) is 0 Å². The fourth-order valence-corrected chi connectivity index (χ4v) is 0.994. The van der Waals surface area contributed by atoms with E-state index in [1.807, 2.05) is 0 Å². The van der Waals surface area contributed by atoms with Gasteiger partial charge in [0.15, 0.2) is 0 Å². The summed E-state index contributed by atoms with van der Waals surface area (Å²) in [6, 6.07) is 0. The molecule has 1 heterocycles. The predicted molar refractivity (Wildman–Crippen MR) is 31.3 cm³/mol. The van der Waals surface area contributed by atoms with Crippen molar-refractivity contribution in [2.45, 2.75) is 0 Å². The normalized spacial score (nSPS) is 21.0. The number of hydrogen-bond donors (Lipinski definition) is 2. The van der Waals surface area contributed by atoms with Crippen LogP contribution in [0.3, 0.4) is 0 Å². The minimum absolute atomic E-state index is 0.889. The predicted octanol–water partition coefficient (Wildman–Crippen LogP) is 0.0698. The maximum atomic E-state index is 4.72. The third-order valence-corrected chi connectivity index (χ3v) is 1.57. The topological polar surface area (TPSA) is 24.1 Å². The smallest absolute Gasteiger partial charge is 0.102 e. The fourth-order valence-electron chi connectivity index (χ4n) is 0.231. The van der Waals surface area contributed by atoms with E-state index in [4.69, 9.17) is 12.2 Å². The van der Waals surface area contributed by atoms with E-state index in [1.54, 1.807) is 11.9 Å². The minimum Gasteiger partial charge on any atom is -0.305 e. The van der Waals surface area contributed by atoms with Crippen molar-refractivity contribution in [3.8, 4) is 0 Å². The van der Waals surface area contributed by atoms with Gasteiger partial charge in [0, 0.05) is 0 Å². The Bertz CT molecular complexity index is 63.9. The average molecular weight is 120 g/mol. The molecule has 1 fully saturated rings. The molecule has 0 aromatic carbocycles. The van der Waals surface area contributed by atoms with Crippen LogP contribution in [0.25, 0.3) is 0 Å². The van der Waals surface area contributed by atoms with Gasteiger partial charge in [-0.3, -0.25) is 0 Å². The minimum atomic E-state index is 0.889. The van der Waals surface area contributed by atoms with Crippen molar-refractivity contribution in [1.29, 1.82) is 0 Å². The van der Waals surface area contributed by atoms with Gasteiger partial charge in [-0.1, -0.05) is 24.2 Å². The van der Waals surface area contributed by atoms with Gasteiger partial charge in [0.2, 0.25) is 0 Å². The highest BCUT2D eigenvalue weighted by atomic mass is 32.2. The van der Waals surface area contributed by atoms with Crippen LogP contribution in [-0.2, 0) is 0 Å². The maximum absolute atomic E-state index is 4.72. The first kappa shape index (κ1) is 4.36. The van der Waals surface area contributed by atoms with Crippen LogP contribution in [0.15, 0.2) is 0 Å². The molecule has 34 valence electrons. The summed E-state index contributed by atoms with van der Waals surface area (Å²) in [6.45, 7) is 0. The van der Waals surface area contributed by atoms with Gasteiger partial charge in [-0.2, -0.15) is 4.83 Å². The van der Waals surface area contributed by atoms with Gasteiger partial charge in [-0.15, -0.1) is 0 Å². The van der Waals surface area contributed by atoms with Crippen LogP contribution >= 0.6 is 24.2 Å². The van der Waals surface area contributed by atoms with Gasteiger partial charge < -0.3 is 5.43 Å². The molecular formula is C2H4N2S2. The van der Waals surface area contributed by atoms with Crippen LogP contribution < -0.4 is 10.3 Å². The zero-order valence-corrected chi connectivity index (χ0v) is 4.66. The van der Waals surface area contributed by atoms with Crippen molar-refractivity contribution in [2.24, 2.45) is 0 Å². The van der Waals surface area contributed by atoms with E-state index in [-0.39, 0.29) is 0 Å². The molecule has 0 spiro atoms. The lowest BCUT2D eigenvalue weighted by Gasteiger charge is -1.84. The Balaban J connectivity index is 2.37. The van der Waals surface area contributed by atoms with Gasteiger partial charge in [-0.25, -0.2) is 0 Å². The summed E-state index contributed by atoms with van der Waals surface area (Å²) in [4.78, 5) is 3.69. The monoisotopic (exact) mass is 120 g/mol. The van der Waals surface area contributed by atoms with Crippen molar-refractivity contribution in [2.75, 3.05) is 5.75 Å². The summed E-state index contributed by atoms with van der Waals surface area (Å²) in [5.41, 5.74) is 2.76. The second-order valence-electron chi connectivity index (χ2n) is 0.939. The van der Waals surface area contributed by atoms with Gasteiger partial charge in [-0.05, 0) is 0 Å². The van der Waals surface area contributed by atoms with Gasteiger partial charge in [0.05, 0.1) is 5.75 Å². The quantitative estimate of drug-likeness (QED) is 0.349. The molecule has 1 saturated heterocycles. The fraction of sp³-hybridized carbons (Fsp3) is 0.500. The largest absolute Gasteiger partial charge is 0.305 e. The Kier molecular flexibility index (Phi) is 1.29. The molecule has 1 aliphatic rings. The number of nitrogens with one attached hydrogen (secondary N) is 2. The molecule has 1 aliphatic heterocycles. The molecular weight excluding hydrogens is 116 g/mol. The van der Waals surface area contributed by atoms with E-state index in [1.165, 1.54) is 0 Å². The van der Waals surface area contributed by atoms with Gasteiger partial charge in [0.1, 0.15) is 4.99 Å². The van der Waals surface area contributed by atoms with Crippen LogP contribution in [0.2, 0.25) is 0 Å². The van der Waals surface area contributed by atoms with Crippen molar-refractivity contribution in [1.82, 2.24) is 10.3 Å².